The molecule has 1 atom stereocenters. The minimum atomic E-state index is -0.413. The Balaban J connectivity index is 1.93. The van der Waals surface area contributed by atoms with Gasteiger partial charge in [-0.05, 0) is 19.0 Å². The van der Waals surface area contributed by atoms with Gasteiger partial charge in [0.05, 0.1) is 17.6 Å². The standard InChI is InChI=1S/C11H14N2O3/c14-13(15)10-2-1-3-11(6-10)16-8-9-4-5-12-7-9/h1-3,6,9,12H,4-5,7-8H2/t9-/m0/s1. The van der Waals surface area contributed by atoms with Crippen LogP contribution in [0.15, 0.2) is 24.3 Å². The Kier molecular flexibility index (Phi) is 3.36. The topological polar surface area (TPSA) is 64.4 Å². The maximum Gasteiger partial charge on any atom is 0.273 e. The first-order chi connectivity index (χ1) is 7.75. The molecular weight excluding hydrogens is 208 g/mol. The van der Waals surface area contributed by atoms with Crippen molar-refractivity contribution in [3.63, 3.8) is 0 Å². The molecule has 0 unspecified atom stereocenters. The van der Waals surface area contributed by atoms with Crippen molar-refractivity contribution < 1.29 is 9.66 Å². The zero-order valence-electron chi connectivity index (χ0n) is 8.89. The average Bonchev–Trinajstić information content (AvgIpc) is 2.79. The van der Waals surface area contributed by atoms with Gasteiger partial charge in [-0.1, -0.05) is 6.07 Å². The molecule has 1 N–H and O–H groups in total. The molecular formula is C11H14N2O3. The lowest BCUT2D eigenvalue weighted by Crippen LogP contribution is -2.15. The number of rotatable bonds is 4. The molecule has 0 amide bonds. The first kappa shape index (κ1) is 10.9. The van der Waals surface area contributed by atoms with Gasteiger partial charge in [0.25, 0.3) is 5.69 Å². The second-order valence-corrected chi connectivity index (χ2v) is 3.92. The van der Waals surface area contributed by atoms with Gasteiger partial charge in [-0.25, -0.2) is 0 Å². The van der Waals surface area contributed by atoms with Crippen LogP contribution < -0.4 is 10.1 Å². The summed E-state index contributed by atoms with van der Waals surface area (Å²) in [6.45, 7) is 2.62. The highest BCUT2D eigenvalue weighted by Gasteiger charge is 2.15. The summed E-state index contributed by atoms with van der Waals surface area (Å²) < 4.78 is 5.54. The third-order valence-electron chi connectivity index (χ3n) is 2.68. The van der Waals surface area contributed by atoms with E-state index in [1.165, 1.54) is 12.1 Å². The van der Waals surface area contributed by atoms with E-state index < -0.39 is 4.92 Å². The van der Waals surface area contributed by atoms with Crippen LogP contribution in [0.1, 0.15) is 6.42 Å². The van der Waals surface area contributed by atoms with Crippen LogP contribution in [-0.4, -0.2) is 24.6 Å². The van der Waals surface area contributed by atoms with E-state index in [0.717, 1.165) is 19.5 Å². The fourth-order valence-corrected chi connectivity index (χ4v) is 1.76. The summed E-state index contributed by atoms with van der Waals surface area (Å²) in [6, 6.07) is 6.31. The second kappa shape index (κ2) is 4.94. The van der Waals surface area contributed by atoms with E-state index in [4.69, 9.17) is 4.74 Å². The van der Waals surface area contributed by atoms with Crippen LogP contribution in [0.25, 0.3) is 0 Å². The third-order valence-corrected chi connectivity index (χ3v) is 2.68. The number of non-ortho nitro benzene ring substituents is 1. The van der Waals surface area contributed by atoms with Gasteiger partial charge in [0.1, 0.15) is 5.75 Å². The fraction of sp³-hybridized carbons (Fsp3) is 0.455. The Morgan fingerprint density at radius 2 is 2.44 bits per heavy atom. The van der Waals surface area contributed by atoms with Crippen LogP contribution in [-0.2, 0) is 0 Å². The molecule has 1 saturated heterocycles. The number of hydrogen-bond donors (Lipinski definition) is 1. The van der Waals surface area contributed by atoms with Gasteiger partial charge in [-0.2, -0.15) is 0 Å². The fourth-order valence-electron chi connectivity index (χ4n) is 1.76. The number of ether oxygens (including phenoxy) is 1. The van der Waals surface area contributed by atoms with Crippen LogP contribution in [0.5, 0.6) is 5.75 Å². The molecule has 0 saturated carbocycles. The molecule has 0 radical (unpaired) electrons. The molecule has 1 aromatic carbocycles. The summed E-state index contributed by atoms with van der Waals surface area (Å²) >= 11 is 0. The van der Waals surface area contributed by atoms with E-state index in [9.17, 15) is 10.1 Å². The summed E-state index contributed by atoms with van der Waals surface area (Å²) in [5, 5.41) is 13.8. The van der Waals surface area contributed by atoms with Crippen molar-refractivity contribution in [2.45, 2.75) is 6.42 Å². The number of benzene rings is 1. The van der Waals surface area contributed by atoms with E-state index in [1.807, 2.05) is 0 Å². The molecule has 2 rings (SSSR count). The molecule has 1 fully saturated rings. The van der Waals surface area contributed by atoms with Crippen molar-refractivity contribution in [3.05, 3.63) is 34.4 Å². The van der Waals surface area contributed by atoms with Gasteiger partial charge in [-0.15, -0.1) is 0 Å². The molecule has 0 spiro atoms. The molecule has 0 aliphatic carbocycles. The number of nitrogens with one attached hydrogen (secondary N) is 1. The normalized spacial score (nSPS) is 19.6. The van der Waals surface area contributed by atoms with Crippen molar-refractivity contribution in [2.75, 3.05) is 19.7 Å². The van der Waals surface area contributed by atoms with Crippen molar-refractivity contribution in [1.82, 2.24) is 5.32 Å². The highest BCUT2D eigenvalue weighted by molar-refractivity contribution is 5.37. The Bertz CT molecular complexity index is 375. The van der Waals surface area contributed by atoms with E-state index in [0.29, 0.717) is 18.3 Å². The van der Waals surface area contributed by atoms with Gasteiger partial charge >= 0.3 is 0 Å². The van der Waals surface area contributed by atoms with Gasteiger partial charge in [-0.3, -0.25) is 10.1 Å². The zero-order chi connectivity index (χ0) is 11.4. The van der Waals surface area contributed by atoms with Crippen LogP contribution in [0.2, 0.25) is 0 Å². The Hall–Kier alpha value is -1.62. The molecule has 1 aliphatic heterocycles. The quantitative estimate of drug-likeness (QED) is 0.620. The van der Waals surface area contributed by atoms with Crippen molar-refractivity contribution in [1.29, 1.82) is 0 Å². The summed E-state index contributed by atoms with van der Waals surface area (Å²) in [5.74, 6) is 1.08. The largest absolute Gasteiger partial charge is 0.493 e. The third kappa shape index (κ3) is 2.70. The number of nitrogens with zero attached hydrogens (tertiary/aromatic N) is 1. The predicted octanol–water partition coefficient (Wildman–Crippen LogP) is 1.58. The smallest absolute Gasteiger partial charge is 0.273 e. The monoisotopic (exact) mass is 222 g/mol. The lowest BCUT2D eigenvalue weighted by molar-refractivity contribution is -0.384. The van der Waals surface area contributed by atoms with Crippen molar-refractivity contribution in [2.24, 2.45) is 5.92 Å². The Morgan fingerprint density at radius 3 is 3.12 bits per heavy atom. The molecule has 0 aromatic heterocycles. The minimum absolute atomic E-state index is 0.0713. The molecule has 5 heteroatoms. The van der Waals surface area contributed by atoms with Crippen molar-refractivity contribution in [3.8, 4) is 5.75 Å². The van der Waals surface area contributed by atoms with Gasteiger partial charge < -0.3 is 10.1 Å². The minimum Gasteiger partial charge on any atom is -0.493 e. The van der Waals surface area contributed by atoms with Gasteiger partial charge in [0, 0.05) is 18.5 Å². The first-order valence-corrected chi connectivity index (χ1v) is 5.33. The Labute approximate surface area is 93.6 Å². The summed E-state index contributed by atoms with van der Waals surface area (Å²) in [7, 11) is 0. The molecule has 16 heavy (non-hydrogen) atoms. The van der Waals surface area contributed by atoms with Gasteiger partial charge in [0.15, 0.2) is 0 Å². The summed E-state index contributed by atoms with van der Waals surface area (Å²) in [5.41, 5.74) is 0.0713. The molecule has 1 aromatic rings. The molecule has 1 heterocycles. The van der Waals surface area contributed by atoms with Crippen LogP contribution in [0, 0.1) is 16.0 Å². The van der Waals surface area contributed by atoms with Crippen LogP contribution in [0.3, 0.4) is 0 Å². The van der Waals surface area contributed by atoms with Crippen LogP contribution >= 0.6 is 0 Å². The second-order valence-electron chi connectivity index (χ2n) is 3.92. The van der Waals surface area contributed by atoms with E-state index in [2.05, 4.69) is 5.32 Å². The zero-order valence-corrected chi connectivity index (χ0v) is 8.89. The number of hydrogen-bond acceptors (Lipinski definition) is 4. The lowest BCUT2D eigenvalue weighted by Gasteiger charge is -2.10. The summed E-state index contributed by atoms with van der Waals surface area (Å²) in [6.07, 6.45) is 1.11. The predicted molar refractivity (Wildman–Crippen MR) is 59.6 cm³/mol. The van der Waals surface area contributed by atoms with E-state index >= 15 is 0 Å². The van der Waals surface area contributed by atoms with Crippen molar-refractivity contribution >= 4 is 5.69 Å². The molecule has 0 bridgehead atoms. The first-order valence-electron chi connectivity index (χ1n) is 5.33. The lowest BCUT2D eigenvalue weighted by atomic mass is 10.1. The van der Waals surface area contributed by atoms with E-state index in [-0.39, 0.29) is 5.69 Å². The SMILES string of the molecule is O=[N+]([O-])c1cccc(OC[C@H]2CCNC2)c1. The number of nitro groups is 1. The maximum absolute atomic E-state index is 10.6. The highest BCUT2D eigenvalue weighted by Crippen LogP contribution is 2.20. The molecule has 5 nitrogen and oxygen atoms in total. The average molecular weight is 222 g/mol. The molecule has 1 aliphatic rings. The van der Waals surface area contributed by atoms with Gasteiger partial charge in [0.2, 0.25) is 0 Å². The van der Waals surface area contributed by atoms with E-state index in [1.54, 1.807) is 12.1 Å². The Morgan fingerprint density at radius 1 is 1.56 bits per heavy atom. The molecule has 86 valence electrons. The van der Waals surface area contributed by atoms with Crippen LogP contribution in [0.4, 0.5) is 5.69 Å². The highest BCUT2D eigenvalue weighted by atomic mass is 16.6. The number of nitro benzene ring substituents is 1. The summed E-state index contributed by atoms with van der Waals surface area (Å²) in [4.78, 5) is 10.1. The maximum atomic E-state index is 10.6.